The number of aryl methyl sites for hydroxylation is 1. The molecule has 0 aromatic heterocycles. The Morgan fingerprint density at radius 3 is 2.19 bits per heavy atom. The van der Waals surface area contributed by atoms with Gasteiger partial charge in [0.05, 0.1) is 6.42 Å². The maximum atomic E-state index is 13.1. The molecule has 27 heavy (non-hydrogen) atoms. The maximum Gasteiger partial charge on any atom is 0.242 e. The summed E-state index contributed by atoms with van der Waals surface area (Å²) in [7, 11) is 0. The lowest BCUT2D eigenvalue weighted by atomic mass is 10.0. The highest BCUT2D eigenvalue weighted by molar-refractivity contribution is 5.88. The topological polar surface area (TPSA) is 49.4 Å². The van der Waals surface area contributed by atoms with Gasteiger partial charge in [-0.2, -0.15) is 0 Å². The van der Waals surface area contributed by atoms with E-state index in [9.17, 15) is 9.59 Å². The molecule has 2 aromatic rings. The van der Waals surface area contributed by atoms with Gasteiger partial charge in [-0.25, -0.2) is 0 Å². The van der Waals surface area contributed by atoms with Crippen molar-refractivity contribution in [3.63, 3.8) is 0 Å². The van der Waals surface area contributed by atoms with Gasteiger partial charge in [0.25, 0.3) is 0 Å². The minimum atomic E-state index is -0.556. The normalized spacial score (nSPS) is 12.3. The Hall–Kier alpha value is -2.62. The Balaban J connectivity index is 2.25. The molecular weight excluding hydrogens is 336 g/mol. The third-order valence-corrected chi connectivity index (χ3v) is 4.47. The summed E-state index contributed by atoms with van der Waals surface area (Å²) in [5.74, 6) is -0.196. The molecule has 0 saturated heterocycles. The highest BCUT2D eigenvalue weighted by atomic mass is 16.2. The van der Waals surface area contributed by atoms with Crippen LogP contribution in [-0.4, -0.2) is 28.3 Å². The predicted molar refractivity (Wildman–Crippen MR) is 109 cm³/mol. The van der Waals surface area contributed by atoms with Gasteiger partial charge in [-0.1, -0.05) is 54.6 Å². The molecule has 0 unspecified atom stereocenters. The molecule has 0 spiro atoms. The van der Waals surface area contributed by atoms with Gasteiger partial charge in [-0.3, -0.25) is 9.59 Å². The van der Waals surface area contributed by atoms with Crippen molar-refractivity contribution in [1.82, 2.24) is 10.2 Å². The molecule has 4 heteroatoms. The third-order valence-electron chi connectivity index (χ3n) is 4.47. The molecule has 2 rings (SSSR count). The van der Waals surface area contributed by atoms with E-state index < -0.39 is 6.04 Å². The van der Waals surface area contributed by atoms with Crippen molar-refractivity contribution >= 4 is 11.8 Å². The first kappa shape index (κ1) is 20.7. The fourth-order valence-corrected chi connectivity index (χ4v) is 2.90. The number of carbonyl (C=O) groups is 2. The summed E-state index contributed by atoms with van der Waals surface area (Å²) < 4.78 is 0. The Bertz CT molecular complexity index is 778. The number of hydrogen-bond donors (Lipinski definition) is 1. The second-order valence-corrected chi connectivity index (χ2v) is 8.03. The van der Waals surface area contributed by atoms with E-state index in [0.717, 1.165) is 16.7 Å². The number of nitrogens with zero attached hydrogens (tertiary/aromatic N) is 1. The van der Waals surface area contributed by atoms with E-state index in [1.165, 1.54) is 0 Å². The zero-order valence-corrected chi connectivity index (χ0v) is 17.0. The van der Waals surface area contributed by atoms with E-state index in [1.54, 1.807) is 11.8 Å². The van der Waals surface area contributed by atoms with Crippen LogP contribution in [0.4, 0.5) is 0 Å². The molecule has 0 aliphatic carbocycles. The van der Waals surface area contributed by atoms with E-state index in [1.807, 2.05) is 82.3 Å². The van der Waals surface area contributed by atoms with Crippen molar-refractivity contribution in [2.45, 2.75) is 59.2 Å². The molecule has 0 bridgehead atoms. The zero-order valence-electron chi connectivity index (χ0n) is 17.0. The molecule has 1 atom stereocenters. The van der Waals surface area contributed by atoms with Crippen LogP contribution in [0.3, 0.4) is 0 Å². The van der Waals surface area contributed by atoms with E-state index in [4.69, 9.17) is 0 Å². The van der Waals surface area contributed by atoms with Crippen molar-refractivity contribution in [3.05, 3.63) is 71.3 Å². The van der Waals surface area contributed by atoms with Crippen LogP contribution in [-0.2, 0) is 22.6 Å². The molecular formula is C23H30N2O2. The number of benzene rings is 2. The molecule has 2 amide bonds. The van der Waals surface area contributed by atoms with Crippen molar-refractivity contribution < 1.29 is 9.59 Å². The smallest absolute Gasteiger partial charge is 0.242 e. The van der Waals surface area contributed by atoms with Gasteiger partial charge in [0.2, 0.25) is 11.8 Å². The fraction of sp³-hybridized carbons (Fsp3) is 0.391. The van der Waals surface area contributed by atoms with E-state index in [-0.39, 0.29) is 23.8 Å². The summed E-state index contributed by atoms with van der Waals surface area (Å²) in [5, 5.41) is 2.99. The average molecular weight is 367 g/mol. The Kier molecular flexibility index (Phi) is 6.78. The minimum absolute atomic E-state index is 0.0546. The van der Waals surface area contributed by atoms with Gasteiger partial charge in [0, 0.05) is 12.1 Å². The van der Waals surface area contributed by atoms with Crippen LogP contribution in [0.2, 0.25) is 0 Å². The number of carbonyl (C=O) groups excluding carboxylic acids is 2. The van der Waals surface area contributed by atoms with Gasteiger partial charge in [0.1, 0.15) is 6.04 Å². The molecule has 0 saturated carbocycles. The Morgan fingerprint density at radius 1 is 1.00 bits per heavy atom. The lowest BCUT2D eigenvalue weighted by molar-refractivity contribution is -0.140. The maximum absolute atomic E-state index is 13.1. The molecule has 0 aliphatic rings. The van der Waals surface area contributed by atoms with Crippen molar-refractivity contribution in [3.8, 4) is 0 Å². The van der Waals surface area contributed by atoms with Crippen LogP contribution >= 0.6 is 0 Å². The molecule has 2 aromatic carbocycles. The van der Waals surface area contributed by atoms with Crippen LogP contribution in [0.5, 0.6) is 0 Å². The van der Waals surface area contributed by atoms with Crippen LogP contribution in [0.1, 0.15) is 44.4 Å². The molecule has 0 radical (unpaired) electrons. The van der Waals surface area contributed by atoms with E-state index in [2.05, 4.69) is 5.32 Å². The molecule has 0 aliphatic heterocycles. The summed E-state index contributed by atoms with van der Waals surface area (Å²) in [6, 6.07) is 17.1. The molecule has 0 fully saturated rings. The Labute approximate surface area is 162 Å². The highest BCUT2D eigenvalue weighted by Gasteiger charge is 2.28. The molecule has 4 nitrogen and oxygen atoms in total. The first-order chi connectivity index (χ1) is 12.7. The number of rotatable bonds is 6. The van der Waals surface area contributed by atoms with E-state index in [0.29, 0.717) is 6.54 Å². The summed E-state index contributed by atoms with van der Waals surface area (Å²) >= 11 is 0. The number of hydrogen-bond acceptors (Lipinski definition) is 2. The van der Waals surface area contributed by atoms with Crippen molar-refractivity contribution in [2.24, 2.45) is 0 Å². The monoisotopic (exact) mass is 366 g/mol. The van der Waals surface area contributed by atoms with Gasteiger partial charge >= 0.3 is 0 Å². The van der Waals surface area contributed by atoms with Crippen LogP contribution in [0.15, 0.2) is 54.6 Å². The first-order valence-corrected chi connectivity index (χ1v) is 9.37. The van der Waals surface area contributed by atoms with Crippen LogP contribution < -0.4 is 5.32 Å². The summed E-state index contributed by atoms with van der Waals surface area (Å²) in [4.78, 5) is 27.5. The standard InChI is InChI=1S/C23H30N2O2/c1-17-11-9-10-14-20(17)16-25(18(2)22(27)24-23(3,4)5)21(26)15-19-12-7-6-8-13-19/h6-14,18H,15-16H2,1-5H3,(H,24,27)/t18-/m1/s1. The molecule has 144 valence electrons. The zero-order chi connectivity index (χ0) is 20.0. The lowest BCUT2D eigenvalue weighted by Crippen LogP contribution is -2.52. The fourth-order valence-electron chi connectivity index (χ4n) is 2.90. The number of nitrogens with one attached hydrogen (secondary N) is 1. The van der Waals surface area contributed by atoms with E-state index >= 15 is 0 Å². The number of amides is 2. The minimum Gasteiger partial charge on any atom is -0.350 e. The molecule has 0 heterocycles. The SMILES string of the molecule is Cc1ccccc1CN(C(=O)Cc1ccccc1)[C@H](C)C(=O)NC(C)(C)C. The average Bonchev–Trinajstić information content (AvgIpc) is 2.59. The first-order valence-electron chi connectivity index (χ1n) is 9.37. The second kappa shape index (κ2) is 8.85. The Morgan fingerprint density at radius 2 is 1.59 bits per heavy atom. The van der Waals surface area contributed by atoms with Gasteiger partial charge in [0.15, 0.2) is 0 Å². The predicted octanol–water partition coefficient (Wildman–Crippen LogP) is 3.87. The van der Waals surface area contributed by atoms with Crippen molar-refractivity contribution in [2.75, 3.05) is 0 Å². The second-order valence-electron chi connectivity index (χ2n) is 8.03. The lowest BCUT2D eigenvalue weighted by Gasteiger charge is -2.32. The quantitative estimate of drug-likeness (QED) is 0.844. The van der Waals surface area contributed by atoms with Crippen molar-refractivity contribution in [1.29, 1.82) is 0 Å². The van der Waals surface area contributed by atoms with Gasteiger partial charge in [-0.15, -0.1) is 0 Å². The highest BCUT2D eigenvalue weighted by Crippen LogP contribution is 2.16. The van der Waals surface area contributed by atoms with Crippen LogP contribution in [0, 0.1) is 6.92 Å². The molecule has 1 N–H and O–H groups in total. The van der Waals surface area contributed by atoms with Gasteiger partial charge < -0.3 is 10.2 Å². The summed E-state index contributed by atoms with van der Waals surface area (Å²) in [5.41, 5.74) is 2.76. The summed E-state index contributed by atoms with van der Waals surface area (Å²) in [6.45, 7) is 10.0. The largest absolute Gasteiger partial charge is 0.350 e. The van der Waals surface area contributed by atoms with Crippen LogP contribution in [0.25, 0.3) is 0 Å². The summed E-state index contributed by atoms with van der Waals surface area (Å²) in [6.07, 6.45) is 0.278. The third kappa shape index (κ3) is 6.24. The van der Waals surface area contributed by atoms with Gasteiger partial charge in [-0.05, 0) is 51.3 Å².